The maximum absolute atomic E-state index is 13.4. The van der Waals surface area contributed by atoms with E-state index in [2.05, 4.69) is 0 Å². The summed E-state index contributed by atoms with van der Waals surface area (Å²) >= 11 is 0. The van der Waals surface area contributed by atoms with E-state index in [0.29, 0.717) is 13.2 Å². The SMILES string of the molecule is COCCN(C)C(=O)c1cc(C)ccc1F. The largest absolute Gasteiger partial charge is 0.383 e. The third-order valence-corrected chi connectivity index (χ3v) is 2.33. The first-order valence-electron chi connectivity index (χ1n) is 5.07. The second kappa shape index (κ2) is 5.61. The number of methoxy groups -OCH3 is 1. The van der Waals surface area contributed by atoms with E-state index in [1.165, 1.54) is 11.0 Å². The van der Waals surface area contributed by atoms with Crippen LogP contribution in [0, 0.1) is 12.7 Å². The molecule has 0 aliphatic heterocycles. The number of likely N-dealkylation sites (N-methyl/N-ethyl adjacent to an activating group) is 1. The number of benzene rings is 1. The molecule has 0 aliphatic rings. The number of halogens is 1. The number of ether oxygens (including phenoxy) is 1. The minimum atomic E-state index is -0.486. The normalized spacial score (nSPS) is 10.2. The van der Waals surface area contributed by atoms with Crippen molar-refractivity contribution in [3.63, 3.8) is 0 Å². The van der Waals surface area contributed by atoms with Gasteiger partial charge in [0.05, 0.1) is 12.2 Å². The molecule has 4 heteroatoms. The van der Waals surface area contributed by atoms with Gasteiger partial charge in [-0.2, -0.15) is 0 Å². The molecule has 1 aromatic rings. The van der Waals surface area contributed by atoms with Crippen LogP contribution in [0.4, 0.5) is 4.39 Å². The Morgan fingerprint density at radius 3 is 2.81 bits per heavy atom. The average molecular weight is 225 g/mol. The van der Waals surface area contributed by atoms with Crippen LogP contribution in [0.1, 0.15) is 15.9 Å². The first kappa shape index (κ1) is 12.6. The van der Waals surface area contributed by atoms with Crippen LogP contribution in [-0.4, -0.2) is 38.1 Å². The minimum Gasteiger partial charge on any atom is -0.383 e. The molecule has 0 unspecified atom stereocenters. The van der Waals surface area contributed by atoms with E-state index >= 15 is 0 Å². The maximum Gasteiger partial charge on any atom is 0.256 e. The van der Waals surface area contributed by atoms with Crippen molar-refractivity contribution in [2.75, 3.05) is 27.3 Å². The molecule has 0 saturated carbocycles. The molecule has 0 fully saturated rings. The fourth-order valence-electron chi connectivity index (χ4n) is 1.34. The zero-order valence-electron chi connectivity index (χ0n) is 9.79. The van der Waals surface area contributed by atoms with E-state index in [0.717, 1.165) is 5.56 Å². The van der Waals surface area contributed by atoms with E-state index in [1.807, 2.05) is 6.92 Å². The number of aryl methyl sites for hydroxylation is 1. The molecular formula is C12H16FNO2. The van der Waals surface area contributed by atoms with Crippen LogP contribution in [0.3, 0.4) is 0 Å². The summed E-state index contributed by atoms with van der Waals surface area (Å²) in [5.41, 5.74) is 0.975. The Labute approximate surface area is 94.8 Å². The molecule has 0 spiro atoms. The van der Waals surface area contributed by atoms with Crippen molar-refractivity contribution in [1.29, 1.82) is 0 Å². The Kier molecular flexibility index (Phi) is 4.43. The van der Waals surface area contributed by atoms with Crippen molar-refractivity contribution in [2.45, 2.75) is 6.92 Å². The summed E-state index contributed by atoms with van der Waals surface area (Å²) in [4.78, 5) is 13.3. The van der Waals surface area contributed by atoms with E-state index < -0.39 is 5.82 Å². The van der Waals surface area contributed by atoms with Gasteiger partial charge in [0.15, 0.2) is 0 Å². The third-order valence-electron chi connectivity index (χ3n) is 2.33. The van der Waals surface area contributed by atoms with E-state index in [4.69, 9.17) is 4.74 Å². The molecule has 0 radical (unpaired) electrons. The lowest BCUT2D eigenvalue weighted by Crippen LogP contribution is -2.30. The molecule has 0 atom stereocenters. The molecule has 0 heterocycles. The van der Waals surface area contributed by atoms with Crippen LogP contribution in [0.2, 0.25) is 0 Å². The average Bonchev–Trinajstić information content (AvgIpc) is 2.28. The predicted octanol–water partition coefficient (Wildman–Crippen LogP) is 1.85. The Balaban J connectivity index is 2.83. The van der Waals surface area contributed by atoms with Gasteiger partial charge in [-0.3, -0.25) is 4.79 Å². The van der Waals surface area contributed by atoms with Gasteiger partial charge in [-0.05, 0) is 19.1 Å². The molecule has 1 rings (SSSR count). The van der Waals surface area contributed by atoms with Crippen LogP contribution < -0.4 is 0 Å². The third kappa shape index (κ3) is 3.03. The van der Waals surface area contributed by atoms with Gasteiger partial charge in [0, 0.05) is 20.7 Å². The van der Waals surface area contributed by atoms with Crippen LogP contribution in [0.15, 0.2) is 18.2 Å². The molecule has 0 saturated heterocycles. The van der Waals surface area contributed by atoms with Gasteiger partial charge in [0.1, 0.15) is 5.82 Å². The Bertz CT molecular complexity index is 379. The molecule has 16 heavy (non-hydrogen) atoms. The maximum atomic E-state index is 13.4. The lowest BCUT2D eigenvalue weighted by atomic mass is 10.1. The Morgan fingerprint density at radius 2 is 2.19 bits per heavy atom. The van der Waals surface area contributed by atoms with Crippen LogP contribution >= 0.6 is 0 Å². The highest BCUT2D eigenvalue weighted by atomic mass is 19.1. The highest BCUT2D eigenvalue weighted by Gasteiger charge is 2.15. The summed E-state index contributed by atoms with van der Waals surface area (Å²) in [6, 6.07) is 4.51. The molecule has 3 nitrogen and oxygen atoms in total. The summed E-state index contributed by atoms with van der Waals surface area (Å²) in [6.45, 7) is 2.71. The van der Waals surface area contributed by atoms with Crippen molar-refractivity contribution in [3.05, 3.63) is 35.1 Å². The number of amides is 1. The first-order valence-corrected chi connectivity index (χ1v) is 5.07. The molecule has 0 aromatic heterocycles. The van der Waals surface area contributed by atoms with Crippen molar-refractivity contribution in [3.8, 4) is 0 Å². The smallest absolute Gasteiger partial charge is 0.256 e. The number of hydrogen-bond donors (Lipinski definition) is 0. The topological polar surface area (TPSA) is 29.5 Å². The number of carbonyl (C=O) groups is 1. The van der Waals surface area contributed by atoms with Gasteiger partial charge < -0.3 is 9.64 Å². The van der Waals surface area contributed by atoms with Crippen molar-refractivity contribution < 1.29 is 13.9 Å². The minimum absolute atomic E-state index is 0.110. The highest BCUT2D eigenvalue weighted by molar-refractivity contribution is 5.94. The summed E-state index contributed by atoms with van der Waals surface area (Å²) in [5.74, 6) is -0.807. The zero-order valence-corrected chi connectivity index (χ0v) is 9.79. The molecule has 0 bridgehead atoms. The van der Waals surface area contributed by atoms with Crippen LogP contribution in [0.25, 0.3) is 0 Å². The standard InChI is InChI=1S/C12H16FNO2/c1-9-4-5-11(13)10(8-9)12(15)14(2)6-7-16-3/h4-5,8H,6-7H2,1-3H3. The van der Waals surface area contributed by atoms with Crippen molar-refractivity contribution in [1.82, 2.24) is 4.90 Å². The number of rotatable bonds is 4. The van der Waals surface area contributed by atoms with Crippen LogP contribution in [0.5, 0.6) is 0 Å². The lowest BCUT2D eigenvalue weighted by molar-refractivity contribution is 0.0739. The quantitative estimate of drug-likeness (QED) is 0.782. The first-order chi connectivity index (χ1) is 7.56. The zero-order chi connectivity index (χ0) is 12.1. The fraction of sp³-hybridized carbons (Fsp3) is 0.417. The molecule has 0 aliphatic carbocycles. The number of hydrogen-bond acceptors (Lipinski definition) is 2. The summed E-state index contributed by atoms with van der Waals surface area (Å²) < 4.78 is 18.3. The lowest BCUT2D eigenvalue weighted by Gasteiger charge is -2.17. The van der Waals surface area contributed by atoms with Gasteiger partial charge >= 0.3 is 0 Å². The number of carbonyl (C=O) groups excluding carboxylic acids is 1. The number of nitrogens with zero attached hydrogens (tertiary/aromatic N) is 1. The Hall–Kier alpha value is -1.42. The summed E-state index contributed by atoms with van der Waals surface area (Å²) in [5, 5.41) is 0. The van der Waals surface area contributed by atoms with Gasteiger partial charge in [-0.15, -0.1) is 0 Å². The van der Waals surface area contributed by atoms with E-state index in [9.17, 15) is 9.18 Å². The van der Waals surface area contributed by atoms with Crippen molar-refractivity contribution in [2.24, 2.45) is 0 Å². The molecule has 1 amide bonds. The second-order valence-corrected chi connectivity index (χ2v) is 3.70. The molecule has 0 N–H and O–H groups in total. The molecular weight excluding hydrogens is 209 g/mol. The summed E-state index contributed by atoms with van der Waals surface area (Å²) in [6.07, 6.45) is 0. The van der Waals surface area contributed by atoms with Gasteiger partial charge in [0.2, 0.25) is 0 Å². The summed E-state index contributed by atoms with van der Waals surface area (Å²) in [7, 11) is 3.19. The van der Waals surface area contributed by atoms with Crippen LogP contribution in [-0.2, 0) is 4.74 Å². The van der Waals surface area contributed by atoms with Crippen molar-refractivity contribution >= 4 is 5.91 Å². The van der Waals surface area contributed by atoms with E-state index in [1.54, 1.807) is 26.3 Å². The van der Waals surface area contributed by atoms with Gasteiger partial charge in [0.25, 0.3) is 5.91 Å². The molecule has 88 valence electrons. The fourth-order valence-corrected chi connectivity index (χ4v) is 1.34. The highest BCUT2D eigenvalue weighted by Crippen LogP contribution is 2.12. The van der Waals surface area contributed by atoms with E-state index in [-0.39, 0.29) is 11.5 Å². The predicted molar refractivity (Wildman–Crippen MR) is 60.0 cm³/mol. The second-order valence-electron chi connectivity index (χ2n) is 3.70. The monoisotopic (exact) mass is 225 g/mol. The Morgan fingerprint density at radius 1 is 1.50 bits per heavy atom. The molecule has 1 aromatic carbocycles. The van der Waals surface area contributed by atoms with Gasteiger partial charge in [-0.25, -0.2) is 4.39 Å². The van der Waals surface area contributed by atoms with Gasteiger partial charge in [-0.1, -0.05) is 11.6 Å².